The minimum absolute atomic E-state index is 0.00262. The molecule has 2 bridgehead atoms. The van der Waals surface area contributed by atoms with Crippen molar-refractivity contribution < 1.29 is 38.5 Å². The zero-order valence-electron chi connectivity index (χ0n) is 25.3. The summed E-state index contributed by atoms with van der Waals surface area (Å²) in [4.78, 5) is 39.0. The number of fused-ring (bicyclic) bond motifs is 7. The second kappa shape index (κ2) is 8.45. The molecule has 5 saturated carbocycles. The van der Waals surface area contributed by atoms with Crippen molar-refractivity contribution >= 4 is 17.9 Å². The van der Waals surface area contributed by atoms with Crippen LogP contribution in [0.15, 0.2) is 23.8 Å². The molecule has 0 aromatic carbocycles. The molecule has 7 nitrogen and oxygen atoms in total. The summed E-state index contributed by atoms with van der Waals surface area (Å²) in [5.41, 5.74) is -6.08. The number of aliphatic carboxylic acids is 1. The van der Waals surface area contributed by atoms with E-state index in [4.69, 9.17) is 9.47 Å². The molecule has 41 heavy (non-hydrogen) atoms. The monoisotopic (exact) mass is 572 g/mol. The number of carbonyl (C=O) groups excluding carboxylic acids is 2. The van der Waals surface area contributed by atoms with E-state index in [0.717, 1.165) is 19.3 Å². The van der Waals surface area contributed by atoms with Crippen LogP contribution >= 0.6 is 0 Å². The van der Waals surface area contributed by atoms with Crippen LogP contribution in [-0.4, -0.2) is 51.6 Å². The van der Waals surface area contributed by atoms with E-state index in [-0.39, 0.29) is 35.1 Å². The average Bonchev–Trinajstić information content (AvgIpc) is 3.32. The summed E-state index contributed by atoms with van der Waals surface area (Å²) in [6.07, 6.45) is 4.81. The highest BCUT2D eigenvalue weighted by Crippen LogP contribution is 2.72. The Kier molecular flexibility index (Phi) is 5.95. The molecule has 0 amide bonds. The van der Waals surface area contributed by atoms with Gasteiger partial charge in [-0.3, -0.25) is 4.79 Å². The minimum Gasteiger partial charge on any atom is -0.478 e. The fourth-order valence-corrected chi connectivity index (χ4v) is 11.2. The number of carboxylic acid groups (broad SMARTS) is 1. The van der Waals surface area contributed by atoms with Gasteiger partial charge in [-0.1, -0.05) is 53.2 Å². The van der Waals surface area contributed by atoms with E-state index < -0.39 is 58.1 Å². The molecule has 226 valence electrons. The Morgan fingerprint density at radius 3 is 2.29 bits per heavy atom. The lowest BCUT2D eigenvalue weighted by molar-refractivity contribution is -0.232. The van der Waals surface area contributed by atoms with Crippen LogP contribution < -0.4 is 0 Å². The Balaban J connectivity index is 1.35. The number of ether oxygens (including phenoxy) is 2. The highest BCUT2D eigenvalue weighted by Gasteiger charge is 2.78. The summed E-state index contributed by atoms with van der Waals surface area (Å²) in [7, 11) is 0. The van der Waals surface area contributed by atoms with Crippen LogP contribution in [0.3, 0.4) is 0 Å². The van der Waals surface area contributed by atoms with E-state index in [0.29, 0.717) is 24.3 Å². The summed E-state index contributed by atoms with van der Waals surface area (Å²) in [5.74, 6) is -2.99. The summed E-state index contributed by atoms with van der Waals surface area (Å²) < 4.78 is 29.6. The van der Waals surface area contributed by atoms with E-state index in [1.165, 1.54) is 12.2 Å². The minimum atomic E-state index is -2.11. The van der Waals surface area contributed by atoms with Gasteiger partial charge < -0.3 is 19.7 Å². The predicted octanol–water partition coefficient (Wildman–Crippen LogP) is 6.04. The van der Waals surface area contributed by atoms with Crippen LogP contribution in [-0.2, 0) is 19.1 Å². The molecular formula is C33H45FO7. The number of aliphatic hydroxyl groups is 1. The fourth-order valence-electron chi connectivity index (χ4n) is 11.2. The van der Waals surface area contributed by atoms with Crippen LogP contribution in [0.1, 0.15) is 87.0 Å². The van der Waals surface area contributed by atoms with Gasteiger partial charge in [0.05, 0.1) is 6.10 Å². The Morgan fingerprint density at radius 1 is 1.02 bits per heavy atom. The van der Waals surface area contributed by atoms with Gasteiger partial charge in [-0.2, -0.15) is 0 Å². The molecule has 5 fully saturated rings. The number of carboxylic acids is 1. The van der Waals surface area contributed by atoms with Gasteiger partial charge in [0.1, 0.15) is 6.10 Å². The third-order valence-corrected chi connectivity index (χ3v) is 14.0. The van der Waals surface area contributed by atoms with Gasteiger partial charge in [0.25, 0.3) is 0 Å². The number of aliphatic hydroxyl groups excluding tert-OH is 1. The highest BCUT2D eigenvalue weighted by molar-refractivity contribution is 6.01. The van der Waals surface area contributed by atoms with E-state index in [2.05, 4.69) is 20.8 Å². The molecule has 8 heteroatoms. The molecule has 0 aliphatic heterocycles. The zero-order chi connectivity index (χ0) is 30.1. The van der Waals surface area contributed by atoms with Gasteiger partial charge in [0, 0.05) is 28.1 Å². The maximum absolute atomic E-state index is 17.6. The molecule has 6 aliphatic carbocycles. The Hall–Kier alpha value is -2.22. The van der Waals surface area contributed by atoms with Crippen LogP contribution in [0.2, 0.25) is 0 Å². The van der Waals surface area contributed by atoms with Gasteiger partial charge in [-0.15, -0.1) is 0 Å². The second-order valence-corrected chi connectivity index (χ2v) is 15.5. The smallest absolute Gasteiger partial charge is 0.478 e. The molecule has 2 N–H and O–H groups in total. The molecule has 6 rings (SSSR count). The Bertz CT molecular complexity index is 1270. The van der Waals surface area contributed by atoms with Crippen molar-refractivity contribution in [3.05, 3.63) is 23.8 Å². The predicted molar refractivity (Wildman–Crippen MR) is 148 cm³/mol. The number of hydrogen-bond donors (Lipinski definition) is 2. The number of alkyl halides is 1. The SMILES string of the molecule is C[C@@H]1C[C@H]2[C@@H]3C[C@H](C)C4=CC(=O)C=C[C@]4(C)[C@@]3(F)[C@@H](O)C[C@]2(C)[C@@]1(OC(=O)O[C@@H]1C[C@H]2CC[C@]1(C)C2(C)C)C(=O)O. The summed E-state index contributed by atoms with van der Waals surface area (Å²) >= 11 is 0. The second-order valence-electron chi connectivity index (χ2n) is 15.5. The standard InChI is InChI=1S/C33H45FO7/c1-17-12-23-22-13-18(2)33(26(37)38,41-27(39)40-25-14-19-8-10-30(25,6)28(19,3)4)31(22,7)16-24(36)32(23,34)29(5)11-9-20(35)15-21(17)29/h9,11,15,17-19,22-25,36H,8,10,12-14,16H2,1-7H3,(H,37,38)/t17-,18+,19+,22-,23-,24-,25+,29-,30-,31-,32-,33-/m0/s1. The lowest BCUT2D eigenvalue weighted by Crippen LogP contribution is -2.70. The molecule has 12 atom stereocenters. The first kappa shape index (κ1) is 28.9. The number of rotatable bonds is 3. The molecule has 6 aliphatic rings. The molecule has 0 heterocycles. The molecular weight excluding hydrogens is 527 g/mol. The van der Waals surface area contributed by atoms with Crippen molar-refractivity contribution in [2.75, 3.05) is 0 Å². The summed E-state index contributed by atoms with van der Waals surface area (Å²) in [6.45, 7) is 13.7. The van der Waals surface area contributed by atoms with Crippen molar-refractivity contribution in [2.45, 2.75) is 110 Å². The van der Waals surface area contributed by atoms with Crippen molar-refractivity contribution in [1.29, 1.82) is 0 Å². The van der Waals surface area contributed by atoms with E-state index in [9.17, 15) is 24.6 Å². The molecule has 0 aromatic rings. The zero-order valence-corrected chi connectivity index (χ0v) is 25.3. The number of carbonyl (C=O) groups is 3. The van der Waals surface area contributed by atoms with Gasteiger partial charge in [-0.25, -0.2) is 14.0 Å². The van der Waals surface area contributed by atoms with Crippen molar-refractivity contribution in [1.82, 2.24) is 0 Å². The van der Waals surface area contributed by atoms with Crippen LogP contribution in [0.5, 0.6) is 0 Å². The van der Waals surface area contributed by atoms with Crippen molar-refractivity contribution in [2.24, 2.45) is 51.2 Å². The van der Waals surface area contributed by atoms with Gasteiger partial charge in [0.15, 0.2) is 11.5 Å². The van der Waals surface area contributed by atoms with E-state index >= 15 is 4.39 Å². The van der Waals surface area contributed by atoms with Gasteiger partial charge in [-0.05, 0) is 80.8 Å². The first-order valence-electron chi connectivity index (χ1n) is 15.4. The lowest BCUT2D eigenvalue weighted by Gasteiger charge is -2.63. The van der Waals surface area contributed by atoms with Crippen molar-refractivity contribution in [3.8, 4) is 0 Å². The number of halogens is 1. The lowest BCUT2D eigenvalue weighted by atomic mass is 9.43. The quantitative estimate of drug-likeness (QED) is 0.397. The van der Waals surface area contributed by atoms with E-state index in [1.54, 1.807) is 26.8 Å². The fraction of sp³-hybridized carbons (Fsp3) is 0.788. The largest absolute Gasteiger partial charge is 0.509 e. The third kappa shape index (κ3) is 3.21. The summed E-state index contributed by atoms with van der Waals surface area (Å²) in [6, 6.07) is 0. The van der Waals surface area contributed by atoms with Crippen LogP contribution in [0.4, 0.5) is 9.18 Å². The van der Waals surface area contributed by atoms with Gasteiger partial charge >= 0.3 is 12.1 Å². The maximum Gasteiger partial charge on any atom is 0.509 e. The molecule has 0 saturated heterocycles. The topological polar surface area (TPSA) is 110 Å². The van der Waals surface area contributed by atoms with Crippen molar-refractivity contribution in [3.63, 3.8) is 0 Å². The summed E-state index contributed by atoms with van der Waals surface area (Å²) in [5, 5.41) is 22.5. The number of hydrogen-bond acceptors (Lipinski definition) is 6. The highest BCUT2D eigenvalue weighted by atomic mass is 19.1. The normalized spacial score (nSPS) is 52.8. The Labute approximate surface area is 241 Å². The Morgan fingerprint density at radius 2 is 1.71 bits per heavy atom. The molecule has 0 aromatic heterocycles. The van der Waals surface area contributed by atoms with E-state index in [1.807, 2.05) is 6.92 Å². The molecule has 0 unspecified atom stereocenters. The maximum atomic E-state index is 17.6. The first-order chi connectivity index (χ1) is 18.9. The third-order valence-electron chi connectivity index (χ3n) is 14.0. The average molecular weight is 573 g/mol. The number of allylic oxidation sites excluding steroid dienone is 4. The van der Waals surface area contributed by atoms with Gasteiger partial charge in [0.2, 0.25) is 5.60 Å². The molecule has 0 spiro atoms. The first-order valence-corrected chi connectivity index (χ1v) is 15.4. The molecule has 0 radical (unpaired) electrons. The number of ketones is 1. The van der Waals surface area contributed by atoms with Crippen LogP contribution in [0, 0.1) is 51.2 Å². The van der Waals surface area contributed by atoms with Crippen LogP contribution in [0.25, 0.3) is 0 Å².